The summed E-state index contributed by atoms with van der Waals surface area (Å²) < 4.78 is 5.18. The zero-order valence-electron chi connectivity index (χ0n) is 12.4. The Morgan fingerprint density at radius 3 is 3.00 bits per heavy atom. The second kappa shape index (κ2) is 6.54. The van der Waals surface area contributed by atoms with Crippen LogP contribution in [0.3, 0.4) is 0 Å². The van der Waals surface area contributed by atoms with Crippen LogP contribution in [0.2, 0.25) is 0 Å². The Kier molecular flexibility index (Phi) is 4.76. The number of nitrogens with zero attached hydrogens (tertiary/aromatic N) is 4. The highest BCUT2D eigenvalue weighted by atomic mass is 16.5. The van der Waals surface area contributed by atoms with E-state index in [1.54, 1.807) is 6.20 Å². The Balaban J connectivity index is 2.23. The molecule has 0 aromatic carbocycles. The number of hydrogen-bond donors (Lipinski definition) is 0. The van der Waals surface area contributed by atoms with Gasteiger partial charge < -0.3 is 14.5 Å². The van der Waals surface area contributed by atoms with Gasteiger partial charge in [-0.15, -0.1) is 0 Å². The Bertz CT molecular complexity index is 464. The molecule has 1 aliphatic heterocycles. The summed E-state index contributed by atoms with van der Waals surface area (Å²) in [6.07, 6.45) is 4.66. The van der Waals surface area contributed by atoms with Crippen LogP contribution in [-0.4, -0.2) is 49.2 Å². The molecule has 6 heteroatoms. The Hall–Kier alpha value is -1.85. The van der Waals surface area contributed by atoms with Crippen LogP contribution in [0.5, 0.6) is 0 Å². The van der Waals surface area contributed by atoms with Gasteiger partial charge in [-0.1, -0.05) is 0 Å². The fourth-order valence-corrected chi connectivity index (χ4v) is 2.40. The maximum Gasteiger partial charge on any atom is 0.328 e. The third-order valence-corrected chi connectivity index (χ3v) is 3.38. The molecule has 0 bridgehead atoms. The van der Waals surface area contributed by atoms with Crippen molar-refractivity contribution < 1.29 is 9.53 Å². The van der Waals surface area contributed by atoms with Crippen LogP contribution in [-0.2, 0) is 9.53 Å². The van der Waals surface area contributed by atoms with Gasteiger partial charge in [-0.25, -0.2) is 9.78 Å². The van der Waals surface area contributed by atoms with Gasteiger partial charge in [-0.3, -0.25) is 0 Å². The van der Waals surface area contributed by atoms with Gasteiger partial charge in [0.25, 0.3) is 0 Å². The van der Waals surface area contributed by atoms with E-state index in [4.69, 9.17) is 4.74 Å². The molecule has 0 amide bonds. The lowest BCUT2D eigenvalue weighted by Crippen LogP contribution is -2.46. The fraction of sp³-hybridized carbons (Fsp3) is 0.643. The number of piperidine rings is 1. The second-order valence-electron chi connectivity index (χ2n) is 5.07. The van der Waals surface area contributed by atoms with Gasteiger partial charge in [-0.2, -0.15) is 4.98 Å². The summed E-state index contributed by atoms with van der Waals surface area (Å²) in [5, 5.41) is 0. The first kappa shape index (κ1) is 14.6. The van der Waals surface area contributed by atoms with E-state index in [0.29, 0.717) is 12.6 Å². The van der Waals surface area contributed by atoms with E-state index in [-0.39, 0.29) is 12.0 Å². The van der Waals surface area contributed by atoms with E-state index >= 15 is 0 Å². The summed E-state index contributed by atoms with van der Waals surface area (Å²) in [6, 6.07) is 1.62. The summed E-state index contributed by atoms with van der Waals surface area (Å²) in [7, 11) is 3.80. The first-order valence-corrected chi connectivity index (χ1v) is 7.07. The molecular weight excluding hydrogens is 256 g/mol. The van der Waals surface area contributed by atoms with E-state index in [0.717, 1.165) is 31.6 Å². The van der Waals surface area contributed by atoms with E-state index in [1.807, 2.05) is 36.9 Å². The molecule has 0 N–H and O–H groups in total. The van der Waals surface area contributed by atoms with Crippen molar-refractivity contribution in [3.63, 3.8) is 0 Å². The van der Waals surface area contributed by atoms with Crippen LogP contribution in [0.4, 0.5) is 11.8 Å². The zero-order chi connectivity index (χ0) is 14.5. The summed E-state index contributed by atoms with van der Waals surface area (Å²) >= 11 is 0. The topological polar surface area (TPSA) is 58.6 Å². The van der Waals surface area contributed by atoms with Gasteiger partial charge in [0.15, 0.2) is 0 Å². The number of ether oxygens (including phenoxy) is 1. The van der Waals surface area contributed by atoms with E-state index in [1.165, 1.54) is 0 Å². The van der Waals surface area contributed by atoms with Gasteiger partial charge in [0.2, 0.25) is 5.95 Å². The standard InChI is InChI=1S/C14H22N4O2/c1-4-20-13(19)11-7-5-6-10-18(11)12-8-9-15-14(16-12)17(2)3/h8-9,11H,4-7,10H2,1-3H3. The molecule has 1 fully saturated rings. The molecule has 0 aliphatic carbocycles. The minimum atomic E-state index is -0.228. The highest BCUT2D eigenvalue weighted by molar-refractivity contribution is 5.80. The van der Waals surface area contributed by atoms with Gasteiger partial charge >= 0.3 is 5.97 Å². The van der Waals surface area contributed by atoms with Gasteiger partial charge in [0.05, 0.1) is 6.61 Å². The summed E-state index contributed by atoms with van der Waals surface area (Å²) in [5.74, 6) is 1.29. The van der Waals surface area contributed by atoms with Gasteiger partial charge in [0, 0.05) is 26.8 Å². The molecule has 20 heavy (non-hydrogen) atoms. The quantitative estimate of drug-likeness (QED) is 0.777. The number of aromatic nitrogens is 2. The number of carbonyl (C=O) groups excluding carboxylic acids is 1. The Labute approximate surface area is 119 Å². The SMILES string of the molecule is CCOC(=O)C1CCCCN1c1ccnc(N(C)C)n1. The second-order valence-corrected chi connectivity index (χ2v) is 5.07. The number of anilines is 2. The van der Waals surface area contributed by atoms with Crippen molar-refractivity contribution in [3.8, 4) is 0 Å². The normalized spacial score (nSPS) is 18.8. The molecule has 0 spiro atoms. The monoisotopic (exact) mass is 278 g/mol. The predicted octanol–water partition coefficient (Wildman–Crippen LogP) is 1.46. The smallest absolute Gasteiger partial charge is 0.328 e. The zero-order valence-corrected chi connectivity index (χ0v) is 12.4. The van der Waals surface area contributed by atoms with Crippen LogP contribution in [0.1, 0.15) is 26.2 Å². The molecule has 110 valence electrons. The minimum absolute atomic E-state index is 0.155. The summed E-state index contributed by atoms with van der Waals surface area (Å²) in [5.41, 5.74) is 0. The predicted molar refractivity (Wildman–Crippen MR) is 78.0 cm³/mol. The van der Waals surface area contributed by atoms with Crippen molar-refractivity contribution in [3.05, 3.63) is 12.3 Å². The number of carbonyl (C=O) groups is 1. The molecule has 1 aliphatic rings. The van der Waals surface area contributed by atoms with Crippen molar-refractivity contribution in [2.45, 2.75) is 32.2 Å². The van der Waals surface area contributed by atoms with Crippen LogP contribution < -0.4 is 9.80 Å². The first-order chi connectivity index (χ1) is 9.63. The summed E-state index contributed by atoms with van der Waals surface area (Å²) in [4.78, 5) is 24.7. The first-order valence-electron chi connectivity index (χ1n) is 7.07. The molecule has 6 nitrogen and oxygen atoms in total. The van der Waals surface area contributed by atoms with Crippen LogP contribution in [0.15, 0.2) is 12.3 Å². The number of rotatable bonds is 4. The molecule has 1 atom stereocenters. The lowest BCUT2D eigenvalue weighted by molar-refractivity contribution is -0.145. The van der Waals surface area contributed by atoms with Crippen molar-refractivity contribution in [2.24, 2.45) is 0 Å². The van der Waals surface area contributed by atoms with Crippen molar-refractivity contribution in [1.29, 1.82) is 0 Å². The third kappa shape index (κ3) is 3.18. The summed E-state index contributed by atoms with van der Waals surface area (Å²) in [6.45, 7) is 3.07. The van der Waals surface area contributed by atoms with Crippen LogP contribution >= 0.6 is 0 Å². The van der Waals surface area contributed by atoms with Crippen LogP contribution in [0, 0.1) is 0 Å². The highest BCUT2D eigenvalue weighted by Crippen LogP contribution is 2.24. The molecular formula is C14H22N4O2. The molecule has 1 aromatic rings. The van der Waals surface area contributed by atoms with Crippen molar-refractivity contribution in [2.75, 3.05) is 37.0 Å². The maximum atomic E-state index is 12.1. The van der Waals surface area contributed by atoms with Gasteiger partial charge in [0.1, 0.15) is 11.9 Å². The minimum Gasteiger partial charge on any atom is -0.464 e. The molecule has 0 saturated carbocycles. The maximum absolute atomic E-state index is 12.1. The van der Waals surface area contributed by atoms with Gasteiger partial charge in [-0.05, 0) is 32.3 Å². The molecule has 0 radical (unpaired) electrons. The van der Waals surface area contributed by atoms with Crippen molar-refractivity contribution >= 4 is 17.7 Å². The molecule has 1 aromatic heterocycles. The Morgan fingerprint density at radius 2 is 2.30 bits per heavy atom. The average Bonchev–Trinajstić information content (AvgIpc) is 2.47. The highest BCUT2D eigenvalue weighted by Gasteiger charge is 2.30. The molecule has 1 saturated heterocycles. The largest absolute Gasteiger partial charge is 0.464 e. The Morgan fingerprint density at radius 1 is 1.50 bits per heavy atom. The fourth-order valence-electron chi connectivity index (χ4n) is 2.40. The van der Waals surface area contributed by atoms with E-state index in [2.05, 4.69) is 9.97 Å². The number of esters is 1. The molecule has 2 rings (SSSR count). The van der Waals surface area contributed by atoms with Crippen molar-refractivity contribution in [1.82, 2.24) is 9.97 Å². The van der Waals surface area contributed by atoms with E-state index in [9.17, 15) is 4.79 Å². The van der Waals surface area contributed by atoms with E-state index < -0.39 is 0 Å². The third-order valence-electron chi connectivity index (χ3n) is 3.38. The molecule has 2 heterocycles. The average molecular weight is 278 g/mol. The lowest BCUT2D eigenvalue weighted by Gasteiger charge is -2.35. The van der Waals surface area contributed by atoms with Crippen LogP contribution in [0.25, 0.3) is 0 Å². The molecule has 1 unspecified atom stereocenters. The lowest BCUT2D eigenvalue weighted by atomic mass is 10.0. The number of hydrogen-bond acceptors (Lipinski definition) is 6.